The summed E-state index contributed by atoms with van der Waals surface area (Å²) < 4.78 is 5.79. The maximum Gasteiger partial charge on any atom is 0.347 e. The van der Waals surface area contributed by atoms with Gasteiger partial charge in [-0.2, -0.15) is 5.01 Å². The van der Waals surface area contributed by atoms with E-state index in [2.05, 4.69) is 27.2 Å². The zero-order valence-electron chi connectivity index (χ0n) is 17.3. The van der Waals surface area contributed by atoms with E-state index in [1.54, 1.807) is 0 Å². The number of hydrogen-bond acceptors (Lipinski definition) is 6. The van der Waals surface area contributed by atoms with E-state index in [1.807, 2.05) is 37.3 Å². The number of benzene rings is 2. The maximum atomic E-state index is 12.4. The normalized spacial score (nSPS) is 14.5. The molecule has 33 heavy (non-hydrogen) atoms. The Labute approximate surface area is 198 Å². The Balaban J connectivity index is 1.65. The highest BCUT2D eigenvalue weighted by Crippen LogP contribution is 2.40. The van der Waals surface area contributed by atoms with Gasteiger partial charge in [-0.25, -0.2) is 9.89 Å². The number of aromatic nitrogens is 2. The van der Waals surface area contributed by atoms with Crippen LogP contribution >= 0.6 is 23.2 Å². The Morgan fingerprint density at radius 2 is 1.79 bits per heavy atom. The molecule has 9 nitrogen and oxygen atoms in total. The van der Waals surface area contributed by atoms with Gasteiger partial charge in [0.25, 0.3) is 5.56 Å². The van der Waals surface area contributed by atoms with Crippen molar-refractivity contribution in [3.8, 4) is 11.6 Å². The molecule has 11 heteroatoms. The van der Waals surface area contributed by atoms with Gasteiger partial charge in [0.05, 0.1) is 21.4 Å². The molecular formula is C22H18Cl2N6O3. The lowest BCUT2D eigenvalue weighted by atomic mass is 9.95. The highest BCUT2D eigenvalue weighted by molar-refractivity contribution is 6.37. The van der Waals surface area contributed by atoms with E-state index >= 15 is 0 Å². The van der Waals surface area contributed by atoms with Crippen molar-refractivity contribution in [1.29, 1.82) is 0 Å². The Bertz CT molecular complexity index is 1320. The second-order valence-electron chi connectivity index (χ2n) is 7.17. The number of H-pyrrole nitrogens is 1. The highest BCUT2D eigenvalue weighted by atomic mass is 35.5. The van der Waals surface area contributed by atoms with Crippen molar-refractivity contribution >= 4 is 40.8 Å². The number of urea groups is 1. The van der Waals surface area contributed by atoms with E-state index in [-0.39, 0.29) is 50.4 Å². The van der Waals surface area contributed by atoms with Crippen LogP contribution in [0.1, 0.15) is 24.0 Å². The van der Waals surface area contributed by atoms with Gasteiger partial charge in [-0.1, -0.05) is 67.0 Å². The number of carbonyl (C=O) groups is 1. The van der Waals surface area contributed by atoms with Gasteiger partial charge in [0.1, 0.15) is 0 Å². The average molecular weight is 485 g/mol. The summed E-state index contributed by atoms with van der Waals surface area (Å²) in [6.45, 7) is 5.50. The summed E-state index contributed by atoms with van der Waals surface area (Å²) in [5.74, 6) is 0.0286. The number of ether oxygens (including phenoxy) is 1. The second-order valence-corrected chi connectivity index (χ2v) is 7.98. The molecule has 0 fully saturated rings. The number of aromatic amines is 1. The molecule has 1 aliphatic heterocycles. The molecule has 3 aromatic rings. The van der Waals surface area contributed by atoms with Crippen LogP contribution in [-0.4, -0.2) is 22.1 Å². The van der Waals surface area contributed by atoms with E-state index < -0.39 is 6.03 Å². The van der Waals surface area contributed by atoms with Crippen molar-refractivity contribution < 1.29 is 9.53 Å². The third-order valence-electron chi connectivity index (χ3n) is 4.98. The number of rotatable bonds is 5. The minimum absolute atomic E-state index is 0.0414. The molecule has 2 heterocycles. The van der Waals surface area contributed by atoms with E-state index in [1.165, 1.54) is 18.2 Å². The fourth-order valence-electron chi connectivity index (χ4n) is 3.20. The number of hydrazone groups is 1. The van der Waals surface area contributed by atoms with Gasteiger partial charge in [0.15, 0.2) is 11.6 Å². The van der Waals surface area contributed by atoms with Crippen LogP contribution in [0.5, 0.6) is 11.6 Å². The summed E-state index contributed by atoms with van der Waals surface area (Å²) in [5, 5.41) is 14.0. The fourth-order valence-corrected chi connectivity index (χ4v) is 3.75. The summed E-state index contributed by atoms with van der Waals surface area (Å²) in [6.07, 6.45) is 0. The highest BCUT2D eigenvalue weighted by Gasteiger charge is 2.25. The predicted octanol–water partition coefficient (Wildman–Crippen LogP) is 4.34. The molecule has 1 aromatic heterocycles. The molecule has 0 aliphatic carbocycles. The standard InChI is InChI=1S/C22H18Cl2N6O3/c1-11(13-6-4-3-5-7-13)15-10-18(27-28-21(15)31)33-19-16(23)8-14(9-17(19)24)30-22(32)26-12(2)20(25)29-30/h3-11H,2H2,1H3,(H2,25,29)(H,26,32)(H,28,31)/t11-/m1/s1. The zero-order valence-corrected chi connectivity index (χ0v) is 18.8. The van der Waals surface area contributed by atoms with Crippen molar-refractivity contribution in [2.24, 2.45) is 10.8 Å². The first-order valence-corrected chi connectivity index (χ1v) is 10.5. The maximum absolute atomic E-state index is 12.4. The average Bonchev–Trinajstić information content (AvgIpc) is 2.79. The quantitative estimate of drug-likeness (QED) is 0.496. The third-order valence-corrected chi connectivity index (χ3v) is 5.54. The number of halogens is 2. The van der Waals surface area contributed by atoms with Crippen LogP contribution in [0.2, 0.25) is 10.0 Å². The molecule has 0 unspecified atom stereocenters. The number of hydrogen-bond donors (Lipinski definition) is 3. The topological polar surface area (TPSA) is 126 Å². The monoisotopic (exact) mass is 484 g/mol. The van der Waals surface area contributed by atoms with E-state index in [4.69, 9.17) is 33.7 Å². The molecule has 0 spiro atoms. The van der Waals surface area contributed by atoms with Gasteiger partial charge in [-0.15, -0.1) is 10.2 Å². The van der Waals surface area contributed by atoms with Crippen molar-refractivity contribution in [1.82, 2.24) is 15.5 Å². The molecule has 0 bridgehead atoms. The molecule has 1 atom stereocenters. The van der Waals surface area contributed by atoms with E-state index in [0.717, 1.165) is 10.6 Å². The van der Waals surface area contributed by atoms with Crippen LogP contribution < -0.4 is 26.4 Å². The van der Waals surface area contributed by atoms with E-state index in [0.29, 0.717) is 5.56 Å². The van der Waals surface area contributed by atoms with Crippen LogP contribution in [0.3, 0.4) is 0 Å². The second kappa shape index (κ2) is 8.97. The van der Waals surface area contributed by atoms with Crippen LogP contribution in [0.4, 0.5) is 10.5 Å². The van der Waals surface area contributed by atoms with Gasteiger partial charge in [0, 0.05) is 17.5 Å². The molecule has 4 N–H and O–H groups in total. The van der Waals surface area contributed by atoms with Crippen molar-refractivity contribution in [3.63, 3.8) is 0 Å². The SMILES string of the molecule is C=C1NC(=O)N(c2cc(Cl)c(Oc3cc([C@H](C)c4ccccc4)c(=O)[nH]n3)c(Cl)c2)N=C1N. The molecule has 1 aliphatic rings. The molecule has 168 valence electrons. The smallest absolute Gasteiger partial charge is 0.347 e. The summed E-state index contributed by atoms with van der Waals surface area (Å²) in [7, 11) is 0. The minimum atomic E-state index is -0.572. The first-order chi connectivity index (χ1) is 15.7. The molecular weight excluding hydrogens is 467 g/mol. The van der Waals surface area contributed by atoms with Crippen LogP contribution in [0.15, 0.2) is 70.7 Å². The third kappa shape index (κ3) is 4.55. The number of amidine groups is 1. The van der Waals surface area contributed by atoms with Crippen LogP contribution in [0.25, 0.3) is 0 Å². The van der Waals surface area contributed by atoms with Gasteiger partial charge in [-0.3, -0.25) is 4.79 Å². The van der Waals surface area contributed by atoms with Crippen molar-refractivity contribution in [2.45, 2.75) is 12.8 Å². The Kier molecular flexibility index (Phi) is 6.08. The number of amides is 2. The molecule has 0 saturated carbocycles. The molecule has 4 rings (SSSR count). The number of carbonyl (C=O) groups excluding carboxylic acids is 1. The van der Waals surface area contributed by atoms with Gasteiger partial charge >= 0.3 is 6.03 Å². The summed E-state index contributed by atoms with van der Waals surface area (Å²) in [4.78, 5) is 24.6. The molecule has 2 aromatic carbocycles. The number of nitrogens with zero attached hydrogens (tertiary/aromatic N) is 3. The molecule has 0 saturated heterocycles. The largest absolute Gasteiger partial charge is 0.434 e. The van der Waals surface area contributed by atoms with E-state index in [9.17, 15) is 9.59 Å². The van der Waals surface area contributed by atoms with Crippen molar-refractivity contribution in [3.05, 3.63) is 92.3 Å². The first kappa shape index (κ1) is 22.4. The predicted molar refractivity (Wildman–Crippen MR) is 127 cm³/mol. The summed E-state index contributed by atoms with van der Waals surface area (Å²) in [6, 6.07) is 13.4. The Morgan fingerprint density at radius 3 is 2.45 bits per heavy atom. The minimum Gasteiger partial charge on any atom is -0.434 e. The number of anilines is 1. The molecule has 0 radical (unpaired) electrons. The number of nitrogens with one attached hydrogen (secondary N) is 2. The summed E-state index contributed by atoms with van der Waals surface area (Å²) in [5.41, 5.74) is 7.28. The van der Waals surface area contributed by atoms with Crippen LogP contribution in [-0.2, 0) is 0 Å². The fraction of sp³-hybridized carbons (Fsp3) is 0.0909. The molecule has 2 amide bonds. The first-order valence-electron chi connectivity index (χ1n) is 9.70. The van der Waals surface area contributed by atoms with Gasteiger partial charge < -0.3 is 15.8 Å². The Hall–Kier alpha value is -3.82. The lowest BCUT2D eigenvalue weighted by Gasteiger charge is -2.24. The zero-order chi connectivity index (χ0) is 23.7. The van der Waals surface area contributed by atoms with Gasteiger partial charge in [-0.05, 0) is 17.7 Å². The lowest BCUT2D eigenvalue weighted by molar-refractivity contribution is 0.248. The lowest BCUT2D eigenvalue weighted by Crippen LogP contribution is -2.45. The Morgan fingerprint density at radius 1 is 1.12 bits per heavy atom. The summed E-state index contributed by atoms with van der Waals surface area (Å²) >= 11 is 12.8. The van der Waals surface area contributed by atoms with Gasteiger partial charge in [0.2, 0.25) is 5.88 Å². The number of nitrogens with two attached hydrogens (primary N) is 1. The van der Waals surface area contributed by atoms with Crippen LogP contribution in [0, 0.1) is 0 Å². The van der Waals surface area contributed by atoms with Crippen molar-refractivity contribution in [2.75, 3.05) is 5.01 Å².